The van der Waals surface area contributed by atoms with E-state index in [0.717, 1.165) is 43.4 Å². The monoisotopic (exact) mass is 308 g/mol. The van der Waals surface area contributed by atoms with Crippen LogP contribution in [-0.4, -0.2) is 50.8 Å². The van der Waals surface area contributed by atoms with Crippen molar-refractivity contribution in [3.63, 3.8) is 0 Å². The summed E-state index contributed by atoms with van der Waals surface area (Å²) >= 11 is 6.48. The van der Waals surface area contributed by atoms with Crippen LogP contribution in [0.2, 0.25) is 5.02 Å². The Morgan fingerprint density at radius 2 is 1.81 bits per heavy atom. The van der Waals surface area contributed by atoms with Gasteiger partial charge in [0.1, 0.15) is 0 Å². The number of aryl methyl sites for hydroxylation is 1. The van der Waals surface area contributed by atoms with E-state index in [1.54, 1.807) is 0 Å². The predicted molar refractivity (Wildman–Crippen MR) is 88.5 cm³/mol. The number of rotatable bonds is 5. The minimum atomic E-state index is 0.800. The van der Waals surface area contributed by atoms with Gasteiger partial charge in [0.15, 0.2) is 0 Å². The molecule has 0 aliphatic carbocycles. The maximum atomic E-state index is 6.48. The lowest BCUT2D eigenvalue weighted by molar-refractivity contribution is 0.122. The number of halogens is 1. The minimum Gasteiger partial charge on any atom is -0.378 e. The van der Waals surface area contributed by atoms with Crippen LogP contribution < -0.4 is 4.90 Å². The fourth-order valence-corrected chi connectivity index (χ4v) is 3.60. The van der Waals surface area contributed by atoms with E-state index in [1.807, 2.05) is 0 Å². The molecule has 1 aromatic carbocycles. The second-order valence-electron chi connectivity index (χ2n) is 6.04. The predicted octanol–water partition coefficient (Wildman–Crippen LogP) is 3.21. The molecule has 1 aromatic rings. The van der Waals surface area contributed by atoms with E-state index in [9.17, 15) is 0 Å². The molecule has 2 aliphatic heterocycles. The molecule has 3 nitrogen and oxygen atoms in total. The van der Waals surface area contributed by atoms with E-state index >= 15 is 0 Å². The minimum absolute atomic E-state index is 0.800. The van der Waals surface area contributed by atoms with Gasteiger partial charge in [-0.15, -0.1) is 0 Å². The van der Waals surface area contributed by atoms with Crippen molar-refractivity contribution in [3.8, 4) is 0 Å². The molecular weight excluding hydrogens is 284 g/mol. The molecule has 4 heteroatoms. The van der Waals surface area contributed by atoms with Gasteiger partial charge in [-0.25, -0.2) is 0 Å². The molecule has 2 aliphatic rings. The molecule has 0 bridgehead atoms. The Balaban J connectivity index is 1.53. The van der Waals surface area contributed by atoms with Gasteiger partial charge in [-0.2, -0.15) is 0 Å². The van der Waals surface area contributed by atoms with Crippen LogP contribution in [-0.2, 0) is 11.2 Å². The lowest BCUT2D eigenvalue weighted by Crippen LogP contribution is -2.36. The highest BCUT2D eigenvalue weighted by Crippen LogP contribution is 2.28. The first-order valence-electron chi connectivity index (χ1n) is 8.16. The summed E-state index contributed by atoms with van der Waals surface area (Å²) in [6.07, 6.45) is 5.10. The van der Waals surface area contributed by atoms with Crippen molar-refractivity contribution in [1.82, 2.24) is 4.90 Å². The number of anilines is 1. The van der Waals surface area contributed by atoms with Crippen molar-refractivity contribution in [2.75, 3.05) is 50.8 Å². The molecule has 116 valence electrons. The summed E-state index contributed by atoms with van der Waals surface area (Å²) in [6.45, 7) is 7.28. The van der Waals surface area contributed by atoms with Gasteiger partial charge >= 0.3 is 0 Å². The van der Waals surface area contributed by atoms with Crippen LogP contribution in [0.4, 0.5) is 5.69 Å². The molecular formula is C17H25ClN2O. The van der Waals surface area contributed by atoms with Gasteiger partial charge in [0.05, 0.1) is 23.9 Å². The van der Waals surface area contributed by atoms with Crippen LogP contribution in [0.15, 0.2) is 18.2 Å². The van der Waals surface area contributed by atoms with Crippen LogP contribution in [0.5, 0.6) is 0 Å². The fourth-order valence-electron chi connectivity index (χ4n) is 3.28. The number of nitrogens with zero attached hydrogens (tertiary/aromatic N) is 2. The molecule has 0 spiro atoms. The van der Waals surface area contributed by atoms with Crippen molar-refractivity contribution in [1.29, 1.82) is 0 Å². The zero-order valence-corrected chi connectivity index (χ0v) is 13.4. The summed E-state index contributed by atoms with van der Waals surface area (Å²) in [6, 6.07) is 6.57. The molecule has 0 aromatic heterocycles. The second kappa shape index (κ2) is 7.48. The molecule has 21 heavy (non-hydrogen) atoms. The molecule has 2 fully saturated rings. The number of hydrogen-bond acceptors (Lipinski definition) is 3. The summed E-state index contributed by atoms with van der Waals surface area (Å²) in [7, 11) is 0. The number of likely N-dealkylation sites (tertiary alicyclic amines) is 1. The standard InChI is InChI=1S/C17H25ClN2O/c18-16-14-15(4-3-9-19-7-1-2-8-19)5-6-17(16)20-10-12-21-13-11-20/h5-6,14H,1-4,7-13H2. The van der Waals surface area contributed by atoms with E-state index in [4.69, 9.17) is 16.3 Å². The van der Waals surface area contributed by atoms with E-state index in [0.29, 0.717) is 0 Å². The molecule has 0 atom stereocenters. The maximum Gasteiger partial charge on any atom is 0.0642 e. The first-order valence-corrected chi connectivity index (χ1v) is 8.54. The lowest BCUT2D eigenvalue weighted by Gasteiger charge is -2.29. The number of ether oxygens (including phenoxy) is 1. The second-order valence-corrected chi connectivity index (χ2v) is 6.44. The number of hydrogen-bond donors (Lipinski definition) is 0. The number of benzene rings is 1. The largest absolute Gasteiger partial charge is 0.378 e. The van der Waals surface area contributed by atoms with Crippen LogP contribution in [0.25, 0.3) is 0 Å². The van der Waals surface area contributed by atoms with Crippen molar-refractivity contribution >= 4 is 17.3 Å². The smallest absolute Gasteiger partial charge is 0.0642 e. The Kier molecular flexibility index (Phi) is 5.39. The van der Waals surface area contributed by atoms with Gasteiger partial charge < -0.3 is 14.5 Å². The molecule has 0 unspecified atom stereocenters. The Hall–Kier alpha value is -0.770. The molecule has 0 amide bonds. The van der Waals surface area contributed by atoms with Crippen LogP contribution in [0, 0.1) is 0 Å². The van der Waals surface area contributed by atoms with Crippen LogP contribution >= 0.6 is 11.6 Å². The Labute approximate surface area is 132 Å². The summed E-state index contributed by atoms with van der Waals surface area (Å²) < 4.78 is 5.40. The van der Waals surface area contributed by atoms with Crippen molar-refractivity contribution in [3.05, 3.63) is 28.8 Å². The zero-order chi connectivity index (χ0) is 14.5. The highest BCUT2D eigenvalue weighted by molar-refractivity contribution is 6.33. The van der Waals surface area contributed by atoms with Gasteiger partial charge in [-0.1, -0.05) is 17.7 Å². The first-order chi connectivity index (χ1) is 10.3. The highest BCUT2D eigenvalue weighted by atomic mass is 35.5. The van der Waals surface area contributed by atoms with E-state index in [1.165, 1.54) is 44.5 Å². The van der Waals surface area contributed by atoms with E-state index < -0.39 is 0 Å². The molecule has 2 saturated heterocycles. The molecule has 0 N–H and O–H groups in total. The van der Waals surface area contributed by atoms with E-state index in [-0.39, 0.29) is 0 Å². The van der Waals surface area contributed by atoms with Crippen molar-refractivity contribution in [2.45, 2.75) is 25.7 Å². The average molecular weight is 309 g/mol. The Morgan fingerprint density at radius 3 is 2.52 bits per heavy atom. The highest BCUT2D eigenvalue weighted by Gasteiger charge is 2.14. The quantitative estimate of drug-likeness (QED) is 0.831. The SMILES string of the molecule is Clc1cc(CCCN2CCCC2)ccc1N1CCOCC1. The Morgan fingerprint density at radius 1 is 1.05 bits per heavy atom. The molecule has 2 heterocycles. The molecule has 3 rings (SSSR count). The maximum absolute atomic E-state index is 6.48. The summed E-state index contributed by atoms with van der Waals surface area (Å²) in [5.41, 5.74) is 2.51. The normalized spacial score (nSPS) is 20.1. The van der Waals surface area contributed by atoms with Crippen molar-refractivity contribution < 1.29 is 4.74 Å². The van der Waals surface area contributed by atoms with Gasteiger partial charge in [-0.3, -0.25) is 0 Å². The van der Waals surface area contributed by atoms with E-state index in [2.05, 4.69) is 28.0 Å². The van der Waals surface area contributed by atoms with Gasteiger partial charge in [0.2, 0.25) is 0 Å². The Bertz CT molecular complexity index is 454. The zero-order valence-electron chi connectivity index (χ0n) is 12.7. The first kappa shape index (κ1) is 15.1. The van der Waals surface area contributed by atoms with Crippen LogP contribution in [0.1, 0.15) is 24.8 Å². The topological polar surface area (TPSA) is 15.7 Å². The third kappa shape index (κ3) is 4.12. The van der Waals surface area contributed by atoms with Crippen LogP contribution in [0.3, 0.4) is 0 Å². The lowest BCUT2D eigenvalue weighted by atomic mass is 10.1. The van der Waals surface area contributed by atoms with Gasteiger partial charge in [-0.05, 0) is 63.0 Å². The third-order valence-electron chi connectivity index (χ3n) is 4.50. The molecule has 0 saturated carbocycles. The fraction of sp³-hybridized carbons (Fsp3) is 0.647. The molecule has 0 radical (unpaired) electrons. The summed E-state index contributed by atoms with van der Waals surface area (Å²) in [5.74, 6) is 0. The third-order valence-corrected chi connectivity index (χ3v) is 4.81. The number of morpholine rings is 1. The van der Waals surface area contributed by atoms with Gasteiger partial charge in [0.25, 0.3) is 0 Å². The summed E-state index contributed by atoms with van der Waals surface area (Å²) in [4.78, 5) is 4.89. The van der Waals surface area contributed by atoms with Gasteiger partial charge in [0, 0.05) is 13.1 Å². The van der Waals surface area contributed by atoms with Crippen molar-refractivity contribution in [2.24, 2.45) is 0 Å². The summed E-state index contributed by atoms with van der Waals surface area (Å²) in [5, 5.41) is 0.885. The average Bonchev–Trinajstić information content (AvgIpc) is 3.02.